The van der Waals surface area contributed by atoms with E-state index in [1.165, 1.54) is 0 Å². The molecule has 1 aromatic carbocycles. The number of anilines is 1. The van der Waals surface area contributed by atoms with Gasteiger partial charge >= 0.3 is 0 Å². The molecule has 0 spiro atoms. The van der Waals surface area contributed by atoms with E-state index in [0.29, 0.717) is 6.61 Å². The number of halogens is 1. The molecule has 0 aromatic heterocycles. The summed E-state index contributed by atoms with van der Waals surface area (Å²) in [6.45, 7) is 1.16. The van der Waals surface area contributed by atoms with Crippen molar-refractivity contribution in [3.8, 4) is 0 Å². The third kappa shape index (κ3) is 2.10. The Bertz CT molecular complexity index is 323. The Morgan fingerprint density at radius 2 is 2.07 bits per heavy atom. The SMILES string of the molecule is OCC1(CNc2ccccc2Br)CC1. The van der Waals surface area contributed by atoms with Crippen LogP contribution in [0.5, 0.6) is 0 Å². The van der Waals surface area contributed by atoms with Gasteiger partial charge in [0.15, 0.2) is 0 Å². The van der Waals surface area contributed by atoms with Crippen molar-refractivity contribution in [1.29, 1.82) is 0 Å². The van der Waals surface area contributed by atoms with E-state index >= 15 is 0 Å². The van der Waals surface area contributed by atoms with Crippen molar-refractivity contribution in [2.45, 2.75) is 12.8 Å². The van der Waals surface area contributed by atoms with Gasteiger partial charge in [-0.3, -0.25) is 0 Å². The maximum atomic E-state index is 9.15. The van der Waals surface area contributed by atoms with Gasteiger partial charge in [0.2, 0.25) is 0 Å². The Morgan fingerprint density at radius 3 is 2.64 bits per heavy atom. The largest absolute Gasteiger partial charge is 0.396 e. The van der Waals surface area contributed by atoms with Crippen LogP contribution >= 0.6 is 15.9 Å². The number of hydrogen-bond donors (Lipinski definition) is 2. The summed E-state index contributed by atoms with van der Waals surface area (Å²) in [7, 11) is 0. The summed E-state index contributed by atoms with van der Waals surface area (Å²) in [5.74, 6) is 0. The van der Waals surface area contributed by atoms with Crippen LogP contribution in [0.4, 0.5) is 5.69 Å². The Kier molecular flexibility index (Phi) is 2.79. The van der Waals surface area contributed by atoms with E-state index in [0.717, 1.165) is 29.5 Å². The maximum Gasteiger partial charge on any atom is 0.0504 e. The van der Waals surface area contributed by atoms with E-state index in [1.54, 1.807) is 0 Å². The second-order valence-corrected chi connectivity index (χ2v) is 4.85. The van der Waals surface area contributed by atoms with Crippen LogP contribution in [0.3, 0.4) is 0 Å². The minimum Gasteiger partial charge on any atom is -0.396 e. The van der Waals surface area contributed by atoms with E-state index in [2.05, 4.69) is 21.2 Å². The monoisotopic (exact) mass is 255 g/mol. The second kappa shape index (κ2) is 3.91. The molecule has 14 heavy (non-hydrogen) atoms. The van der Waals surface area contributed by atoms with Gasteiger partial charge in [0.05, 0.1) is 6.61 Å². The molecule has 2 nitrogen and oxygen atoms in total. The number of aliphatic hydroxyl groups is 1. The molecule has 0 unspecified atom stereocenters. The summed E-state index contributed by atoms with van der Waals surface area (Å²) in [6.07, 6.45) is 2.28. The van der Waals surface area contributed by atoms with E-state index < -0.39 is 0 Å². The third-order valence-corrected chi connectivity index (χ3v) is 3.51. The second-order valence-electron chi connectivity index (χ2n) is 3.99. The van der Waals surface area contributed by atoms with E-state index in [4.69, 9.17) is 5.11 Å². The molecule has 0 amide bonds. The molecule has 1 aliphatic rings. The number of hydrogen-bond acceptors (Lipinski definition) is 2. The molecule has 0 heterocycles. The summed E-state index contributed by atoms with van der Waals surface area (Å²) in [6, 6.07) is 8.05. The quantitative estimate of drug-likeness (QED) is 0.867. The molecule has 0 atom stereocenters. The van der Waals surface area contributed by atoms with Crippen LogP contribution in [0.25, 0.3) is 0 Å². The third-order valence-electron chi connectivity index (χ3n) is 2.82. The van der Waals surface area contributed by atoms with E-state index in [9.17, 15) is 0 Å². The van der Waals surface area contributed by atoms with Gasteiger partial charge < -0.3 is 10.4 Å². The zero-order chi connectivity index (χ0) is 10.0. The van der Waals surface area contributed by atoms with Crippen molar-refractivity contribution < 1.29 is 5.11 Å². The first kappa shape index (κ1) is 9.99. The fraction of sp³-hybridized carbons (Fsp3) is 0.455. The van der Waals surface area contributed by atoms with Crippen molar-refractivity contribution in [2.24, 2.45) is 5.41 Å². The van der Waals surface area contributed by atoms with Gasteiger partial charge in [-0.25, -0.2) is 0 Å². The molecule has 0 radical (unpaired) electrons. The highest BCUT2D eigenvalue weighted by Gasteiger charge is 2.41. The van der Waals surface area contributed by atoms with Crippen LogP contribution in [0, 0.1) is 5.41 Å². The van der Waals surface area contributed by atoms with Crippen LogP contribution in [-0.2, 0) is 0 Å². The van der Waals surface area contributed by atoms with Crippen LogP contribution < -0.4 is 5.32 Å². The lowest BCUT2D eigenvalue weighted by atomic mass is 10.1. The van der Waals surface area contributed by atoms with Crippen LogP contribution in [0.15, 0.2) is 28.7 Å². The van der Waals surface area contributed by atoms with Crippen molar-refractivity contribution in [2.75, 3.05) is 18.5 Å². The zero-order valence-electron chi connectivity index (χ0n) is 7.96. The summed E-state index contributed by atoms with van der Waals surface area (Å²) < 4.78 is 1.08. The smallest absolute Gasteiger partial charge is 0.0504 e. The van der Waals surface area contributed by atoms with Gasteiger partial charge in [0.25, 0.3) is 0 Å². The molecule has 1 saturated carbocycles. The summed E-state index contributed by atoms with van der Waals surface area (Å²) >= 11 is 3.48. The van der Waals surface area contributed by atoms with Crippen LogP contribution in [0.1, 0.15) is 12.8 Å². The van der Waals surface area contributed by atoms with E-state index in [1.807, 2.05) is 24.3 Å². The fourth-order valence-corrected chi connectivity index (χ4v) is 1.88. The maximum absolute atomic E-state index is 9.15. The average molecular weight is 256 g/mol. The van der Waals surface area contributed by atoms with Gasteiger partial charge in [-0.15, -0.1) is 0 Å². The Hall–Kier alpha value is -0.540. The number of rotatable bonds is 4. The molecule has 1 aliphatic carbocycles. The Morgan fingerprint density at radius 1 is 1.36 bits per heavy atom. The van der Waals surface area contributed by atoms with Gasteiger partial charge in [-0.05, 0) is 40.9 Å². The molecule has 0 saturated heterocycles. The predicted octanol–water partition coefficient (Wildman–Crippen LogP) is 2.63. The molecular weight excluding hydrogens is 242 g/mol. The predicted molar refractivity (Wildman–Crippen MR) is 61.4 cm³/mol. The molecule has 3 heteroatoms. The standard InChI is InChI=1S/C11H14BrNO/c12-9-3-1-2-4-10(9)13-7-11(8-14)5-6-11/h1-4,13-14H,5-8H2. The normalized spacial score (nSPS) is 17.9. The first-order chi connectivity index (χ1) is 6.76. The first-order valence-electron chi connectivity index (χ1n) is 4.85. The minimum atomic E-state index is 0.162. The van der Waals surface area contributed by atoms with Gasteiger partial charge in [-0.2, -0.15) is 0 Å². The topological polar surface area (TPSA) is 32.3 Å². The molecule has 1 fully saturated rings. The lowest BCUT2D eigenvalue weighted by molar-refractivity contribution is 0.220. The first-order valence-corrected chi connectivity index (χ1v) is 5.64. The van der Waals surface area contributed by atoms with Crippen LogP contribution in [-0.4, -0.2) is 18.3 Å². The van der Waals surface area contributed by atoms with Gasteiger partial charge in [0.1, 0.15) is 0 Å². The lowest BCUT2D eigenvalue weighted by Crippen LogP contribution is -2.19. The van der Waals surface area contributed by atoms with Crippen molar-refractivity contribution in [1.82, 2.24) is 0 Å². The number of para-hydroxylation sites is 1. The molecule has 76 valence electrons. The molecule has 0 aliphatic heterocycles. The van der Waals surface area contributed by atoms with Crippen molar-refractivity contribution >= 4 is 21.6 Å². The molecular formula is C11H14BrNO. The van der Waals surface area contributed by atoms with Crippen LogP contribution in [0.2, 0.25) is 0 Å². The van der Waals surface area contributed by atoms with Crippen molar-refractivity contribution in [3.05, 3.63) is 28.7 Å². The molecule has 1 aromatic rings. The number of aliphatic hydroxyl groups excluding tert-OH is 1. The molecule has 2 rings (SSSR count). The Balaban J connectivity index is 1.95. The average Bonchev–Trinajstić information content (AvgIpc) is 2.98. The highest BCUT2D eigenvalue weighted by atomic mass is 79.9. The summed E-state index contributed by atoms with van der Waals surface area (Å²) in [4.78, 5) is 0. The molecule has 2 N–H and O–H groups in total. The minimum absolute atomic E-state index is 0.162. The number of benzene rings is 1. The van der Waals surface area contributed by atoms with Gasteiger partial charge in [-0.1, -0.05) is 12.1 Å². The fourth-order valence-electron chi connectivity index (χ4n) is 1.45. The van der Waals surface area contributed by atoms with E-state index in [-0.39, 0.29) is 5.41 Å². The highest BCUT2D eigenvalue weighted by Crippen LogP contribution is 2.45. The Labute approximate surface area is 92.5 Å². The molecule has 0 bridgehead atoms. The zero-order valence-corrected chi connectivity index (χ0v) is 9.55. The summed E-state index contributed by atoms with van der Waals surface area (Å²) in [5.41, 5.74) is 1.27. The van der Waals surface area contributed by atoms with Gasteiger partial charge in [0, 0.05) is 22.1 Å². The van der Waals surface area contributed by atoms with Crippen molar-refractivity contribution in [3.63, 3.8) is 0 Å². The number of nitrogens with one attached hydrogen (secondary N) is 1. The highest BCUT2D eigenvalue weighted by molar-refractivity contribution is 9.10. The lowest BCUT2D eigenvalue weighted by Gasteiger charge is -2.14. The summed E-state index contributed by atoms with van der Waals surface area (Å²) in [5, 5.41) is 12.5.